The molecule has 0 amide bonds. The Labute approximate surface area is 111 Å². The molecule has 1 aliphatic carbocycles. The third kappa shape index (κ3) is 2.69. The Morgan fingerprint density at radius 3 is 2.89 bits per heavy atom. The van der Waals surface area contributed by atoms with Crippen LogP contribution in [0.1, 0.15) is 45.1 Å². The van der Waals surface area contributed by atoms with Crippen LogP contribution in [0.15, 0.2) is 24.3 Å². The smallest absolute Gasteiger partial charge is 0.122 e. The third-order valence-electron chi connectivity index (χ3n) is 4.18. The summed E-state index contributed by atoms with van der Waals surface area (Å²) in [7, 11) is 1.77. The van der Waals surface area contributed by atoms with Crippen LogP contribution in [0.25, 0.3) is 0 Å². The molecule has 2 atom stereocenters. The molecule has 1 N–H and O–H groups in total. The minimum Gasteiger partial charge on any atom is -0.496 e. The lowest BCUT2D eigenvalue weighted by atomic mass is 9.80. The quantitative estimate of drug-likeness (QED) is 0.859. The van der Waals surface area contributed by atoms with Gasteiger partial charge in [0.1, 0.15) is 5.75 Å². The molecule has 2 unspecified atom stereocenters. The Morgan fingerprint density at radius 2 is 2.17 bits per heavy atom. The van der Waals surface area contributed by atoms with E-state index in [9.17, 15) is 0 Å². The minimum absolute atomic E-state index is 0.262. The Morgan fingerprint density at radius 1 is 1.39 bits per heavy atom. The van der Waals surface area contributed by atoms with Crippen molar-refractivity contribution in [2.45, 2.75) is 51.0 Å². The molecule has 1 aliphatic rings. The number of para-hydroxylation sites is 1. The van der Waals surface area contributed by atoms with Crippen molar-refractivity contribution >= 4 is 0 Å². The van der Waals surface area contributed by atoms with Crippen LogP contribution in [-0.4, -0.2) is 19.7 Å². The van der Waals surface area contributed by atoms with Gasteiger partial charge in [-0.15, -0.1) is 0 Å². The van der Waals surface area contributed by atoms with Gasteiger partial charge in [-0.25, -0.2) is 0 Å². The molecule has 0 bridgehead atoms. The number of nitrogens with one attached hydrogen (secondary N) is 1. The predicted octanol–water partition coefficient (Wildman–Crippen LogP) is 3.51. The molecule has 2 nitrogen and oxygen atoms in total. The molecule has 0 aromatic heterocycles. The average Bonchev–Trinajstić information content (AvgIpc) is 2.79. The van der Waals surface area contributed by atoms with Crippen LogP contribution in [-0.2, 0) is 5.41 Å². The molecule has 0 aliphatic heterocycles. The summed E-state index contributed by atoms with van der Waals surface area (Å²) in [5.74, 6) is 1.04. The summed E-state index contributed by atoms with van der Waals surface area (Å²) in [6.45, 7) is 5.73. The van der Waals surface area contributed by atoms with Gasteiger partial charge in [0.25, 0.3) is 0 Å². The van der Waals surface area contributed by atoms with Crippen LogP contribution in [0.2, 0.25) is 0 Å². The molecule has 18 heavy (non-hydrogen) atoms. The largest absolute Gasteiger partial charge is 0.496 e. The van der Waals surface area contributed by atoms with E-state index < -0.39 is 0 Å². The number of rotatable bonds is 5. The van der Waals surface area contributed by atoms with E-state index in [4.69, 9.17) is 4.74 Å². The zero-order valence-corrected chi connectivity index (χ0v) is 11.8. The van der Waals surface area contributed by atoms with Gasteiger partial charge in [-0.3, -0.25) is 0 Å². The van der Waals surface area contributed by atoms with Gasteiger partial charge >= 0.3 is 0 Å². The highest BCUT2D eigenvalue weighted by Crippen LogP contribution is 2.44. The van der Waals surface area contributed by atoms with E-state index in [2.05, 4.69) is 37.4 Å². The van der Waals surface area contributed by atoms with Crippen molar-refractivity contribution in [2.24, 2.45) is 0 Å². The van der Waals surface area contributed by atoms with Gasteiger partial charge in [0.2, 0.25) is 0 Å². The van der Waals surface area contributed by atoms with Gasteiger partial charge < -0.3 is 10.1 Å². The summed E-state index contributed by atoms with van der Waals surface area (Å²) in [6.07, 6.45) is 4.94. The summed E-state index contributed by atoms with van der Waals surface area (Å²) in [6, 6.07) is 9.14. The molecule has 2 rings (SSSR count). The molecule has 0 heterocycles. The van der Waals surface area contributed by atoms with Crippen LogP contribution in [0.3, 0.4) is 0 Å². The van der Waals surface area contributed by atoms with E-state index in [0.717, 1.165) is 12.3 Å². The van der Waals surface area contributed by atoms with E-state index in [-0.39, 0.29) is 5.41 Å². The maximum Gasteiger partial charge on any atom is 0.122 e. The van der Waals surface area contributed by atoms with Crippen molar-refractivity contribution in [1.82, 2.24) is 5.32 Å². The summed E-state index contributed by atoms with van der Waals surface area (Å²) in [5.41, 5.74) is 1.63. The maximum absolute atomic E-state index is 5.52. The average molecular weight is 247 g/mol. The standard InChI is InChI=1S/C16H25NO/c1-4-11-17-13-9-10-16(2,12-13)14-7-5-6-8-15(14)18-3/h5-8,13,17H,4,9-12H2,1-3H3. The van der Waals surface area contributed by atoms with Gasteiger partial charge in [0.15, 0.2) is 0 Å². The normalized spacial score (nSPS) is 27.4. The van der Waals surface area contributed by atoms with Crippen LogP contribution in [0.4, 0.5) is 0 Å². The fourth-order valence-corrected chi connectivity index (χ4v) is 3.15. The van der Waals surface area contributed by atoms with Gasteiger partial charge in [-0.05, 0) is 43.7 Å². The first-order valence-electron chi connectivity index (χ1n) is 7.06. The van der Waals surface area contributed by atoms with Crippen LogP contribution < -0.4 is 10.1 Å². The van der Waals surface area contributed by atoms with Gasteiger partial charge in [-0.2, -0.15) is 0 Å². The maximum atomic E-state index is 5.52. The number of methoxy groups -OCH3 is 1. The third-order valence-corrected chi connectivity index (χ3v) is 4.18. The first-order valence-corrected chi connectivity index (χ1v) is 7.06. The lowest BCUT2D eigenvalue weighted by Gasteiger charge is -2.27. The highest BCUT2D eigenvalue weighted by atomic mass is 16.5. The first kappa shape index (κ1) is 13.4. The van der Waals surface area contributed by atoms with Crippen molar-refractivity contribution in [3.63, 3.8) is 0 Å². The molecule has 0 spiro atoms. The fraction of sp³-hybridized carbons (Fsp3) is 0.625. The summed E-state index contributed by atoms with van der Waals surface area (Å²) in [4.78, 5) is 0. The highest BCUT2D eigenvalue weighted by Gasteiger charge is 2.37. The van der Waals surface area contributed by atoms with Crippen molar-refractivity contribution in [3.8, 4) is 5.75 Å². The molecular weight excluding hydrogens is 222 g/mol. The minimum atomic E-state index is 0.262. The monoisotopic (exact) mass is 247 g/mol. The molecule has 0 saturated heterocycles. The highest BCUT2D eigenvalue weighted by molar-refractivity contribution is 5.40. The van der Waals surface area contributed by atoms with Crippen molar-refractivity contribution < 1.29 is 4.74 Å². The first-order chi connectivity index (χ1) is 8.69. The molecule has 2 heteroatoms. The molecule has 1 aromatic carbocycles. The molecule has 1 saturated carbocycles. The Balaban J connectivity index is 2.12. The Kier molecular flexibility index (Phi) is 4.28. The topological polar surface area (TPSA) is 21.3 Å². The van der Waals surface area contributed by atoms with Crippen molar-refractivity contribution in [2.75, 3.05) is 13.7 Å². The lowest BCUT2D eigenvalue weighted by molar-refractivity contribution is 0.381. The van der Waals surface area contributed by atoms with Crippen molar-refractivity contribution in [3.05, 3.63) is 29.8 Å². The van der Waals surface area contributed by atoms with Crippen LogP contribution >= 0.6 is 0 Å². The number of hydrogen-bond donors (Lipinski definition) is 1. The zero-order chi connectivity index (χ0) is 13.0. The van der Waals surface area contributed by atoms with Crippen LogP contribution in [0.5, 0.6) is 5.75 Å². The lowest BCUT2D eigenvalue weighted by Crippen LogP contribution is -2.29. The van der Waals surface area contributed by atoms with E-state index in [0.29, 0.717) is 6.04 Å². The predicted molar refractivity (Wildman–Crippen MR) is 76.3 cm³/mol. The number of ether oxygens (including phenoxy) is 1. The van der Waals surface area contributed by atoms with Crippen molar-refractivity contribution in [1.29, 1.82) is 0 Å². The van der Waals surface area contributed by atoms with E-state index >= 15 is 0 Å². The molecule has 0 radical (unpaired) electrons. The summed E-state index contributed by atoms with van der Waals surface area (Å²) in [5, 5.41) is 3.65. The SMILES string of the molecule is CCCNC1CCC(C)(c2ccccc2OC)C1. The Hall–Kier alpha value is -1.02. The van der Waals surface area contributed by atoms with Gasteiger partial charge in [0.05, 0.1) is 7.11 Å². The fourth-order valence-electron chi connectivity index (χ4n) is 3.15. The second kappa shape index (κ2) is 5.75. The Bertz CT molecular complexity index is 390. The van der Waals surface area contributed by atoms with E-state index in [1.54, 1.807) is 7.11 Å². The van der Waals surface area contributed by atoms with Gasteiger partial charge in [0, 0.05) is 11.6 Å². The van der Waals surface area contributed by atoms with E-state index in [1.165, 1.54) is 31.2 Å². The van der Waals surface area contributed by atoms with E-state index in [1.807, 2.05) is 6.07 Å². The number of benzene rings is 1. The second-order valence-corrected chi connectivity index (χ2v) is 5.65. The summed E-state index contributed by atoms with van der Waals surface area (Å²) < 4.78 is 5.52. The number of hydrogen-bond acceptors (Lipinski definition) is 2. The molecular formula is C16H25NO. The molecule has 1 aromatic rings. The second-order valence-electron chi connectivity index (χ2n) is 5.65. The zero-order valence-electron chi connectivity index (χ0n) is 11.8. The van der Waals surface area contributed by atoms with Crippen LogP contribution in [0, 0.1) is 0 Å². The molecule has 1 fully saturated rings. The molecule has 100 valence electrons. The van der Waals surface area contributed by atoms with Gasteiger partial charge in [-0.1, -0.05) is 32.0 Å². The summed E-state index contributed by atoms with van der Waals surface area (Å²) >= 11 is 0.